The monoisotopic (exact) mass is 615 g/mol. The summed E-state index contributed by atoms with van der Waals surface area (Å²) in [5.74, 6) is -2.23. The largest absolute Gasteiger partial charge is 0.389 e. The molecule has 5 rings (SSSR count). The van der Waals surface area contributed by atoms with Crippen molar-refractivity contribution in [2.75, 3.05) is 38.1 Å². The van der Waals surface area contributed by atoms with Crippen LogP contribution >= 0.6 is 23.2 Å². The highest BCUT2D eigenvalue weighted by Crippen LogP contribution is 2.34. The van der Waals surface area contributed by atoms with E-state index in [1.165, 1.54) is 32.0 Å². The maximum Gasteiger partial charge on any atom is 0.293 e. The number of benzene rings is 1. The molecule has 0 unspecified atom stereocenters. The highest BCUT2D eigenvalue weighted by molar-refractivity contribution is 6.39. The molecule has 0 saturated carbocycles. The van der Waals surface area contributed by atoms with Crippen molar-refractivity contribution in [2.45, 2.75) is 25.6 Å². The fraction of sp³-hybridized carbons (Fsp3) is 0.357. The Bertz CT molecular complexity index is 1660. The first kappa shape index (κ1) is 29.8. The molecule has 4 N–H and O–H groups in total. The summed E-state index contributed by atoms with van der Waals surface area (Å²) in [6.07, 6.45) is 5.56. The average Bonchev–Trinajstić information content (AvgIpc) is 3.60. The predicted molar refractivity (Wildman–Crippen MR) is 160 cm³/mol. The van der Waals surface area contributed by atoms with Gasteiger partial charge < -0.3 is 35.2 Å². The quantitative estimate of drug-likeness (QED) is 0.198. The molecule has 1 saturated heterocycles. The number of carbonyl (C=O) groups excluding carboxylic acids is 1. The maximum atomic E-state index is 13.6. The SMILES string of the molecule is Cn1cc(Nc2ncc3cc(-c4c(Cl)cccc4Cl)c(=O)n(O[C@@](C)(O)CO)c3n2)cc1C(=O)NCCN1CCCC1. The normalized spacial score (nSPS) is 15.1. The second kappa shape index (κ2) is 12.3. The van der Waals surface area contributed by atoms with Gasteiger partial charge in [0.25, 0.3) is 17.3 Å². The first-order chi connectivity index (χ1) is 20.1. The molecule has 3 aromatic heterocycles. The number of hydrogen-bond acceptors (Lipinski definition) is 9. The lowest BCUT2D eigenvalue weighted by Gasteiger charge is -2.24. The molecule has 14 heteroatoms. The number of nitrogens with zero attached hydrogens (tertiary/aromatic N) is 5. The van der Waals surface area contributed by atoms with E-state index in [0.29, 0.717) is 23.3 Å². The van der Waals surface area contributed by atoms with Crippen molar-refractivity contribution in [2.24, 2.45) is 7.05 Å². The first-order valence-corrected chi connectivity index (χ1v) is 14.2. The summed E-state index contributed by atoms with van der Waals surface area (Å²) in [4.78, 5) is 43.1. The lowest BCUT2D eigenvalue weighted by Crippen LogP contribution is -2.45. The Hall–Kier alpha value is -3.68. The molecule has 0 bridgehead atoms. The van der Waals surface area contributed by atoms with Crippen molar-refractivity contribution in [3.05, 3.63) is 68.8 Å². The van der Waals surface area contributed by atoms with Crippen LogP contribution in [0.4, 0.5) is 11.6 Å². The highest BCUT2D eigenvalue weighted by Gasteiger charge is 2.26. The highest BCUT2D eigenvalue weighted by atomic mass is 35.5. The van der Waals surface area contributed by atoms with Gasteiger partial charge in [-0.25, -0.2) is 4.98 Å². The lowest BCUT2D eigenvalue weighted by molar-refractivity contribution is -0.211. The van der Waals surface area contributed by atoms with Gasteiger partial charge in [0.05, 0.1) is 21.3 Å². The minimum absolute atomic E-state index is 0.00830. The van der Waals surface area contributed by atoms with Crippen molar-refractivity contribution in [3.8, 4) is 11.1 Å². The van der Waals surface area contributed by atoms with Crippen LogP contribution in [-0.4, -0.2) is 78.9 Å². The molecule has 1 amide bonds. The Morgan fingerprint density at radius 3 is 2.60 bits per heavy atom. The van der Waals surface area contributed by atoms with Gasteiger partial charge >= 0.3 is 0 Å². The maximum absolute atomic E-state index is 13.6. The number of hydrogen-bond donors (Lipinski definition) is 4. The number of aromatic nitrogens is 4. The number of likely N-dealkylation sites (tertiary alicyclic amines) is 1. The van der Waals surface area contributed by atoms with Gasteiger partial charge in [-0.05, 0) is 50.2 Å². The smallest absolute Gasteiger partial charge is 0.293 e. The Morgan fingerprint density at radius 2 is 1.90 bits per heavy atom. The van der Waals surface area contributed by atoms with E-state index in [0.717, 1.165) is 24.4 Å². The fourth-order valence-corrected chi connectivity index (χ4v) is 5.39. The molecule has 12 nitrogen and oxygen atoms in total. The Labute approximate surface area is 251 Å². The van der Waals surface area contributed by atoms with E-state index in [1.54, 1.807) is 42.1 Å². The molecule has 4 heterocycles. The third kappa shape index (κ3) is 6.37. The average molecular weight is 617 g/mol. The zero-order valence-corrected chi connectivity index (χ0v) is 24.6. The van der Waals surface area contributed by atoms with Crippen molar-refractivity contribution >= 4 is 51.8 Å². The van der Waals surface area contributed by atoms with Gasteiger partial charge in [0.15, 0.2) is 5.65 Å². The van der Waals surface area contributed by atoms with E-state index in [9.17, 15) is 19.8 Å². The van der Waals surface area contributed by atoms with Crippen LogP contribution in [0.5, 0.6) is 0 Å². The van der Waals surface area contributed by atoms with Gasteiger partial charge in [-0.2, -0.15) is 4.98 Å². The third-order valence-corrected chi connectivity index (χ3v) is 7.55. The molecule has 1 aromatic carbocycles. The first-order valence-electron chi connectivity index (χ1n) is 13.4. The number of aliphatic hydroxyl groups excluding tert-OH is 1. The topological polar surface area (TPSA) is 147 Å². The number of carbonyl (C=O) groups is 1. The molecular formula is C28H31Cl2N7O5. The number of pyridine rings is 1. The minimum Gasteiger partial charge on any atom is -0.389 e. The number of halogens is 2. The molecule has 222 valence electrons. The third-order valence-electron chi connectivity index (χ3n) is 6.92. The number of aliphatic hydroxyl groups is 2. The molecule has 4 aromatic rings. The van der Waals surface area contributed by atoms with Crippen molar-refractivity contribution in [1.29, 1.82) is 0 Å². The minimum atomic E-state index is -2.12. The van der Waals surface area contributed by atoms with Gasteiger partial charge in [0.2, 0.25) is 5.95 Å². The number of fused-ring (bicyclic) bond motifs is 1. The lowest BCUT2D eigenvalue weighted by atomic mass is 10.1. The van der Waals surface area contributed by atoms with Crippen molar-refractivity contribution in [1.82, 2.24) is 29.5 Å². The van der Waals surface area contributed by atoms with Crippen molar-refractivity contribution in [3.63, 3.8) is 0 Å². The van der Waals surface area contributed by atoms with Crippen LogP contribution in [0, 0.1) is 0 Å². The summed E-state index contributed by atoms with van der Waals surface area (Å²) in [5.41, 5.74) is 0.627. The summed E-state index contributed by atoms with van der Waals surface area (Å²) in [6, 6.07) is 8.02. The molecule has 1 atom stereocenters. The van der Waals surface area contributed by atoms with Crippen LogP contribution in [0.3, 0.4) is 0 Å². The molecular weight excluding hydrogens is 585 g/mol. The van der Waals surface area contributed by atoms with E-state index >= 15 is 0 Å². The molecule has 0 radical (unpaired) electrons. The Kier molecular flexibility index (Phi) is 8.71. The van der Waals surface area contributed by atoms with E-state index in [4.69, 9.17) is 28.0 Å². The van der Waals surface area contributed by atoms with Gasteiger partial charge in [0, 0.05) is 50.4 Å². The molecule has 1 aliphatic heterocycles. The summed E-state index contributed by atoms with van der Waals surface area (Å²) in [6.45, 7) is 3.88. The van der Waals surface area contributed by atoms with Crippen LogP contribution in [0.2, 0.25) is 10.0 Å². The zero-order valence-electron chi connectivity index (χ0n) is 23.1. The van der Waals surface area contributed by atoms with Crippen molar-refractivity contribution < 1.29 is 19.8 Å². The van der Waals surface area contributed by atoms with E-state index in [1.807, 2.05) is 0 Å². The van der Waals surface area contributed by atoms with Crippen LogP contribution < -0.4 is 21.0 Å². The van der Waals surface area contributed by atoms with Crippen LogP contribution in [0.1, 0.15) is 30.3 Å². The number of aryl methyl sites for hydroxylation is 1. The fourth-order valence-electron chi connectivity index (χ4n) is 4.79. The Morgan fingerprint density at radius 1 is 1.19 bits per heavy atom. The van der Waals surface area contributed by atoms with E-state index in [-0.39, 0.29) is 38.7 Å². The molecule has 1 aliphatic rings. The summed E-state index contributed by atoms with van der Waals surface area (Å²) >= 11 is 12.7. The molecule has 42 heavy (non-hydrogen) atoms. The van der Waals surface area contributed by atoms with Crippen LogP contribution in [0.15, 0.2) is 47.5 Å². The van der Waals surface area contributed by atoms with E-state index in [2.05, 4.69) is 25.5 Å². The summed E-state index contributed by atoms with van der Waals surface area (Å²) < 4.78 is 2.46. The number of anilines is 2. The van der Waals surface area contributed by atoms with Gasteiger partial charge in [0.1, 0.15) is 12.3 Å². The van der Waals surface area contributed by atoms with Crippen LogP contribution in [0.25, 0.3) is 22.2 Å². The van der Waals surface area contributed by atoms with E-state index < -0.39 is 18.0 Å². The van der Waals surface area contributed by atoms with Gasteiger partial charge in [-0.15, -0.1) is 4.73 Å². The second-order valence-electron chi connectivity index (χ2n) is 10.3. The number of rotatable bonds is 10. The predicted octanol–water partition coefficient (Wildman–Crippen LogP) is 2.80. The second-order valence-corrected chi connectivity index (χ2v) is 11.1. The molecule has 0 spiro atoms. The summed E-state index contributed by atoms with van der Waals surface area (Å²) in [7, 11) is 1.76. The molecule has 1 fully saturated rings. The Balaban J connectivity index is 1.45. The number of amides is 1. The van der Waals surface area contributed by atoms with Crippen LogP contribution in [-0.2, 0) is 7.05 Å². The standard InChI is InChI=1S/C28H31Cl2N7O5/c1-28(41,16-38)42-37-24-17(12-19(26(37)40)23-20(29)6-5-7-21(23)30)14-32-27(34-24)33-18-13-22(35(2)15-18)25(39)31-8-11-36-9-3-4-10-36/h5-7,12-15,38,41H,3-4,8-11,16H2,1-2H3,(H,31,39)(H,32,33,34)/t28-/m1/s1. The zero-order chi connectivity index (χ0) is 30.0. The summed E-state index contributed by atoms with van der Waals surface area (Å²) in [5, 5.41) is 26.9. The van der Waals surface area contributed by atoms with Gasteiger partial charge in [-0.1, -0.05) is 29.3 Å². The molecule has 0 aliphatic carbocycles. The number of nitrogens with one attached hydrogen (secondary N) is 2. The van der Waals surface area contributed by atoms with Gasteiger partial charge in [-0.3, -0.25) is 9.59 Å².